The maximum atomic E-state index is 13.0. The highest BCUT2D eigenvalue weighted by Gasteiger charge is 2.09. The van der Waals surface area contributed by atoms with Crippen LogP contribution < -0.4 is 5.73 Å². The molecule has 0 aromatic heterocycles. The fourth-order valence-electron chi connectivity index (χ4n) is 1.33. The van der Waals surface area contributed by atoms with E-state index in [-0.39, 0.29) is 11.2 Å². The van der Waals surface area contributed by atoms with Crippen molar-refractivity contribution in [3.05, 3.63) is 29.6 Å². The van der Waals surface area contributed by atoms with Gasteiger partial charge in [0.1, 0.15) is 5.82 Å². The maximum absolute atomic E-state index is 13.0. The minimum Gasteiger partial charge on any atom is -0.399 e. The summed E-state index contributed by atoms with van der Waals surface area (Å²) >= 11 is 0. The van der Waals surface area contributed by atoms with Crippen LogP contribution in [0, 0.1) is 11.2 Å². The average molecular weight is 225 g/mol. The van der Waals surface area contributed by atoms with Crippen LogP contribution in [0.3, 0.4) is 0 Å². The van der Waals surface area contributed by atoms with Crippen molar-refractivity contribution in [1.82, 2.24) is 0 Å². The second kappa shape index (κ2) is 5.30. The Morgan fingerprint density at radius 3 is 2.50 bits per heavy atom. The molecule has 3 heteroatoms. The van der Waals surface area contributed by atoms with E-state index in [1.165, 1.54) is 12.1 Å². The molecule has 0 radical (unpaired) electrons. The Morgan fingerprint density at radius 1 is 1.25 bits per heavy atom. The van der Waals surface area contributed by atoms with Crippen molar-refractivity contribution in [3.8, 4) is 0 Å². The number of halogens is 1. The molecule has 0 bridgehead atoms. The van der Waals surface area contributed by atoms with Crippen molar-refractivity contribution in [1.29, 1.82) is 0 Å². The zero-order chi connectivity index (χ0) is 12.2. The molecule has 1 aromatic carbocycles. The molecule has 0 atom stereocenters. The van der Waals surface area contributed by atoms with Gasteiger partial charge in [-0.3, -0.25) is 0 Å². The van der Waals surface area contributed by atoms with E-state index in [0.29, 0.717) is 18.9 Å². The number of nitrogens with two attached hydrogens (primary N) is 1. The number of rotatable bonds is 4. The van der Waals surface area contributed by atoms with Gasteiger partial charge in [0.15, 0.2) is 0 Å². The molecule has 0 saturated carbocycles. The number of hydrogen-bond acceptors (Lipinski definition) is 2. The van der Waals surface area contributed by atoms with Gasteiger partial charge in [0.05, 0.1) is 6.61 Å². The normalized spacial score (nSPS) is 11.8. The van der Waals surface area contributed by atoms with E-state index in [0.717, 1.165) is 12.0 Å². The first-order valence-corrected chi connectivity index (χ1v) is 5.49. The quantitative estimate of drug-likeness (QED) is 0.630. The van der Waals surface area contributed by atoms with Crippen LogP contribution in [0.2, 0.25) is 0 Å². The lowest BCUT2D eigenvalue weighted by atomic mass is 9.93. The lowest BCUT2D eigenvalue weighted by molar-refractivity contribution is 0.0961. The van der Waals surface area contributed by atoms with Crippen molar-refractivity contribution in [2.24, 2.45) is 5.41 Å². The van der Waals surface area contributed by atoms with E-state index in [9.17, 15) is 4.39 Å². The minimum atomic E-state index is -0.311. The van der Waals surface area contributed by atoms with Crippen LogP contribution >= 0.6 is 0 Å². The van der Waals surface area contributed by atoms with Crippen LogP contribution in [0.25, 0.3) is 0 Å². The van der Waals surface area contributed by atoms with Crippen LogP contribution in [-0.4, -0.2) is 6.61 Å². The predicted molar refractivity (Wildman–Crippen MR) is 64.5 cm³/mol. The molecule has 0 aliphatic carbocycles. The first-order chi connectivity index (χ1) is 7.37. The van der Waals surface area contributed by atoms with Gasteiger partial charge in [-0.25, -0.2) is 4.39 Å². The third kappa shape index (κ3) is 5.12. The first-order valence-electron chi connectivity index (χ1n) is 5.49. The fraction of sp³-hybridized carbons (Fsp3) is 0.538. The van der Waals surface area contributed by atoms with Crippen molar-refractivity contribution in [3.63, 3.8) is 0 Å². The third-order valence-electron chi connectivity index (χ3n) is 2.25. The summed E-state index contributed by atoms with van der Waals surface area (Å²) in [5.41, 5.74) is 7.03. The van der Waals surface area contributed by atoms with E-state index >= 15 is 0 Å². The van der Waals surface area contributed by atoms with Gasteiger partial charge in [-0.1, -0.05) is 20.8 Å². The predicted octanol–water partition coefficient (Wildman–Crippen LogP) is 3.36. The lowest BCUT2D eigenvalue weighted by Crippen LogP contribution is -2.09. The summed E-state index contributed by atoms with van der Waals surface area (Å²) in [5.74, 6) is -0.311. The minimum absolute atomic E-state index is 0.265. The summed E-state index contributed by atoms with van der Waals surface area (Å²) in [6.07, 6.45) is 0.984. The Morgan fingerprint density at radius 2 is 1.94 bits per heavy atom. The summed E-state index contributed by atoms with van der Waals surface area (Å²) in [6.45, 7) is 7.58. The molecule has 0 amide bonds. The summed E-state index contributed by atoms with van der Waals surface area (Å²) in [5, 5.41) is 0. The number of benzene rings is 1. The van der Waals surface area contributed by atoms with Gasteiger partial charge in [0, 0.05) is 12.3 Å². The van der Waals surface area contributed by atoms with E-state index in [1.54, 1.807) is 6.07 Å². The molecule has 2 nitrogen and oxygen atoms in total. The molecule has 0 spiro atoms. The molecular weight excluding hydrogens is 205 g/mol. The Labute approximate surface area is 96.6 Å². The van der Waals surface area contributed by atoms with E-state index in [1.807, 2.05) is 0 Å². The third-order valence-corrected chi connectivity index (χ3v) is 2.25. The molecule has 16 heavy (non-hydrogen) atoms. The zero-order valence-electron chi connectivity index (χ0n) is 10.2. The van der Waals surface area contributed by atoms with Gasteiger partial charge in [-0.2, -0.15) is 0 Å². The van der Waals surface area contributed by atoms with Crippen LogP contribution in [-0.2, 0) is 11.3 Å². The summed E-state index contributed by atoms with van der Waals surface area (Å²) in [4.78, 5) is 0. The van der Waals surface area contributed by atoms with Crippen LogP contribution in [0.1, 0.15) is 32.8 Å². The molecule has 0 heterocycles. The van der Waals surface area contributed by atoms with Gasteiger partial charge in [0.25, 0.3) is 0 Å². The number of ether oxygens (including phenoxy) is 1. The maximum Gasteiger partial charge on any atom is 0.125 e. The van der Waals surface area contributed by atoms with Gasteiger partial charge in [-0.15, -0.1) is 0 Å². The van der Waals surface area contributed by atoms with E-state index in [4.69, 9.17) is 10.5 Å². The summed E-state index contributed by atoms with van der Waals surface area (Å²) in [7, 11) is 0. The molecular formula is C13H20FNO. The smallest absolute Gasteiger partial charge is 0.125 e. The number of anilines is 1. The Hall–Kier alpha value is -1.09. The van der Waals surface area contributed by atoms with E-state index in [2.05, 4.69) is 20.8 Å². The fourth-order valence-corrected chi connectivity index (χ4v) is 1.33. The molecule has 1 aromatic rings. The molecule has 0 saturated heterocycles. The molecule has 2 N–H and O–H groups in total. The standard InChI is InChI=1S/C13H20FNO/c1-13(2,3)4-5-16-9-10-6-11(14)8-12(15)7-10/h6-8H,4-5,9,15H2,1-3H3. The van der Waals surface area contributed by atoms with Crippen molar-refractivity contribution < 1.29 is 9.13 Å². The second-order valence-electron chi connectivity index (χ2n) is 5.26. The highest BCUT2D eigenvalue weighted by atomic mass is 19.1. The largest absolute Gasteiger partial charge is 0.399 e. The first kappa shape index (κ1) is 13.0. The van der Waals surface area contributed by atoms with Gasteiger partial charge in [-0.05, 0) is 35.6 Å². The average Bonchev–Trinajstić information content (AvgIpc) is 2.09. The Balaban J connectivity index is 2.37. The highest BCUT2D eigenvalue weighted by molar-refractivity contribution is 5.41. The SMILES string of the molecule is CC(C)(C)CCOCc1cc(N)cc(F)c1. The lowest BCUT2D eigenvalue weighted by Gasteiger charge is -2.17. The highest BCUT2D eigenvalue weighted by Crippen LogP contribution is 2.18. The second-order valence-corrected chi connectivity index (χ2v) is 5.26. The molecule has 90 valence electrons. The van der Waals surface area contributed by atoms with Crippen molar-refractivity contribution >= 4 is 5.69 Å². The van der Waals surface area contributed by atoms with Gasteiger partial charge in [0.2, 0.25) is 0 Å². The van der Waals surface area contributed by atoms with Gasteiger partial charge >= 0.3 is 0 Å². The Kier molecular flexibility index (Phi) is 4.30. The van der Waals surface area contributed by atoms with E-state index < -0.39 is 0 Å². The zero-order valence-corrected chi connectivity index (χ0v) is 10.2. The van der Waals surface area contributed by atoms with Crippen molar-refractivity contribution in [2.45, 2.75) is 33.8 Å². The summed E-state index contributed by atoms with van der Waals surface area (Å²) in [6, 6.07) is 4.49. The number of nitrogen functional groups attached to an aromatic ring is 1. The molecule has 0 fully saturated rings. The van der Waals surface area contributed by atoms with Crippen LogP contribution in [0.4, 0.5) is 10.1 Å². The van der Waals surface area contributed by atoms with Gasteiger partial charge < -0.3 is 10.5 Å². The molecule has 1 rings (SSSR count). The molecule has 0 unspecified atom stereocenters. The van der Waals surface area contributed by atoms with Crippen molar-refractivity contribution in [2.75, 3.05) is 12.3 Å². The van der Waals surface area contributed by atoms with Crippen LogP contribution in [0.15, 0.2) is 18.2 Å². The Bertz CT molecular complexity index is 324. The topological polar surface area (TPSA) is 35.2 Å². The molecule has 0 aliphatic heterocycles. The summed E-state index contributed by atoms with van der Waals surface area (Å²) < 4.78 is 18.5. The monoisotopic (exact) mass is 225 g/mol. The van der Waals surface area contributed by atoms with Crippen LogP contribution in [0.5, 0.6) is 0 Å². The molecule has 0 aliphatic rings. The number of hydrogen-bond donors (Lipinski definition) is 1.